The smallest absolute Gasteiger partial charge is 0.338 e. The fourth-order valence-electron chi connectivity index (χ4n) is 2.08. The fraction of sp³-hybridized carbons (Fsp3) is 0.462. The monoisotopic (exact) mass is 311 g/mol. The Balaban J connectivity index is 2.15. The van der Waals surface area contributed by atoms with E-state index in [2.05, 4.69) is 5.32 Å². The highest BCUT2D eigenvalue weighted by Gasteiger charge is 2.27. The van der Waals surface area contributed by atoms with Crippen LogP contribution < -0.4 is 5.32 Å². The number of carbonyl (C=O) groups is 3. The summed E-state index contributed by atoms with van der Waals surface area (Å²) in [5.41, 5.74) is 0.767. The second-order valence-corrected chi connectivity index (χ2v) is 6.18. The lowest BCUT2D eigenvalue weighted by Gasteiger charge is -2.31. The van der Waals surface area contributed by atoms with E-state index < -0.39 is 12.0 Å². The van der Waals surface area contributed by atoms with E-state index in [9.17, 15) is 19.5 Å². The number of aryl methyl sites for hydroxylation is 1. The minimum atomic E-state index is -1.07. The number of aromatic carboxylic acids is 1. The number of anilines is 1. The van der Waals surface area contributed by atoms with Gasteiger partial charge in [-0.2, -0.15) is 0 Å². The molecule has 2 heterocycles. The number of likely N-dealkylation sites (N-methyl/N-ethyl adjacent to an activating group) is 1. The zero-order valence-electron chi connectivity index (χ0n) is 12.1. The van der Waals surface area contributed by atoms with Crippen LogP contribution in [0.2, 0.25) is 0 Å². The number of rotatable bonds is 2. The van der Waals surface area contributed by atoms with Crippen LogP contribution in [0.1, 0.15) is 20.8 Å². The maximum atomic E-state index is 12.2. The normalized spacial score (nSPS) is 15.3. The Morgan fingerprint density at radius 2 is 1.95 bits per heavy atom. The Hall–Kier alpha value is -2.09. The first-order valence-corrected chi connectivity index (χ1v) is 7.26. The number of carboxylic acids is 1. The third-order valence-electron chi connectivity index (χ3n) is 3.56. The SMILES string of the molecule is Cc1sc(NC(=O)N2CCN(C)C(=O)C2)c(C(=O)O)c1C. The lowest BCUT2D eigenvalue weighted by molar-refractivity contribution is -0.133. The van der Waals surface area contributed by atoms with Crippen molar-refractivity contribution < 1.29 is 19.5 Å². The van der Waals surface area contributed by atoms with Crippen molar-refractivity contribution in [2.24, 2.45) is 0 Å². The van der Waals surface area contributed by atoms with Crippen LogP contribution in [0.25, 0.3) is 0 Å². The van der Waals surface area contributed by atoms with E-state index in [4.69, 9.17) is 0 Å². The number of hydrogen-bond donors (Lipinski definition) is 2. The van der Waals surface area contributed by atoms with E-state index in [0.29, 0.717) is 23.7 Å². The highest BCUT2D eigenvalue weighted by Crippen LogP contribution is 2.32. The second kappa shape index (κ2) is 5.72. The van der Waals surface area contributed by atoms with Gasteiger partial charge in [-0.25, -0.2) is 9.59 Å². The Morgan fingerprint density at radius 3 is 2.52 bits per heavy atom. The van der Waals surface area contributed by atoms with E-state index in [0.717, 1.165) is 4.88 Å². The zero-order chi connectivity index (χ0) is 15.7. The van der Waals surface area contributed by atoms with Crippen molar-refractivity contribution >= 4 is 34.2 Å². The van der Waals surface area contributed by atoms with Crippen molar-refractivity contribution in [2.45, 2.75) is 13.8 Å². The Labute approximate surface area is 126 Å². The number of amides is 3. The summed E-state index contributed by atoms with van der Waals surface area (Å²) in [5, 5.41) is 12.2. The van der Waals surface area contributed by atoms with E-state index in [1.807, 2.05) is 6.92 Å². The van der Waals surface area contributed by atoms with Crippen LogP contribution in [0.3, 0.4) is 0 Å². The summed E-state index contributed by atoms with van der Waals surface area (Å²) in [6.07, 6.45) is 0. The highest BCUT2D eigenvalue weighted by atomic mass is 32.1. The van der Waals surface area contributed by atoms with Crippen LogP contribution in [0, 0.1) is 13.8 Å². The predicted octanol–water partition coefficient (Wildman–Crippen LogP) is 1.37. The van der Waals surface area contributed by atoms with E-state index in [1.54, 1.807) is 18.9 Å². The largest absolute Gasteiger partial charge is 0.478 e. The Kier molecular flexibility index (Phi) is 4.17. The Bertz CT molecular complexity index is 611. The molecule has 0 atom stereocenters. The molecule has 1 aliphatic rings. The van der Waals surface area contributed by atoms with Crippen molar-refractivity contribution in [3.63, 3.8) is 0 Å². The molecule has 8 heteroatoms. The molecule has 2 N–H and O–H groups in total. The maximum Gasteiger partial charge on any atom is 0.338 e. The first kappa shape index (κ1) is 15.3. The minimum Gasteiger partial charge on any atom is -0.478 e. The zero-order valence-corrected chi connectivity index (χ0v) is 12.9. The summed E-state index contributed by atoms with van der Waals surface area (Å²) >= 11 is 1.23. The van der Waals surface area contributed by atoms with Crippen molar-refractivity contribution in [1.29, 1.82) is 0 Å². The predicted molar refractivity (Wildman–Crippen MR) is 79.0 cm³/mol. The number of carboxylic acid groups (broad SMARTS) is 1. The lowest BCUT2D eigenvalue weighted by atomic mass is 10.1. The molecular weight excluding hydrogens is 294 g/mol. The van der Waals surface area contributed by atoms with E-state index in [1.165, 1.54) is 16.2 Å². The molecule has 0 aliphatic carbocycles. The molecule has 0 aromatic carbocycles. The Morgan fingerprint density at radius 1 is 1.29 bits per heavy atom. The second-order valence-electron chi connectivity index (χ2n) is 4.96. The summed E-state index contributed by atoms with van der Waals surface area (Å²) in [6.45, 7) is 4.43. The summed E-state index contributed by atoms with van der Waals surface area (Å²) < 4.78 is 0. The molecule has 1 aliphatic heterocycles. The van der Waals surface area contributed by atoms with Crippen molar-refractivity contribution in [2.75, 3.05) is 32.0 Å². The van der Waals surface area contributed by atoms with E-state index >= 15 is 0 Å². The van der Waals surface area contributed by atoms with Gasteiger partial charge in [0, 0.05) is 25.0 Å². The van der Waals surface area contributed by atoms with Crippen LogP contribution in [-0.4, -0.2) is 59.5 Å². The first-order chi connectivity index (χ1) is 9.81. The number of nitrogens with zero attached hydrogens (tertiary/aromatic N) is 2. The molecular formula is C13H17N3O4S. The van der Waals surface area contributed by atoms with Gasteiger partial charge < -0.3 is 14.9 Å². The van der Waals surface area contributed by atoms with E-state index in [-0.39, 0.29) is 18.0 Å². The molecule has 0 unspecified atom stereocenters. The summed E-state index contributed by atoms with van der Waals surface area (Å²) in [5.74, 6) is -1.20. The first-order valence-electron chi connectivity index (χ1n) is 6.44. The molecule has 21 heavy (non-hydrogen) atoms. The van der Waals surface area contributed by atoms with Gasteiger partial charge in [-0.15, -0.1) is 11.3 Å². The van der Waals surface area contributed by atoms with Gasteiger partial charge in [-0.1, -0.05) is 0 Å². The number of thiophene rings is 1. The van der Waals surface area contributed by atoms with Gasteiger partial charge in [-0.05, 0) is 19.4 Å². The minimum absolute atomic E-state index is 0.00801. The van der Waals surface area contributed by atoms with Crippen LogP contribution in [0.15, 0.2) is 0 Å². The molecule has 7 nitrogen and oxygen atoms in total. The van der Waals surface area contributed by atoms with Crippen LogP contribution >= 0.6 is 11.3 Å². The average molecular weight is 311 g/mol. The quantitative estimate of drug-likeness (QED) is 0.863. The molecule has 0 saturated carbocycles. The van der Waals surface area contributed by atoms with Crippen LogP contribution in [-0.2, 0) is 4.79 Å². The highest BCUT2D eigenvalue weighted by molar-refractivity contribution is 7.16. The molecule has 0 spiro atoms. The topological polar surface area (TPSA) is 90.0 Å². The summed E-state index contributed by atoms with van der Waals surface area (Å²) in [4.78, 5) is 38.9. The summed E-state index contributed by atoms with van der Waals surface area (Å²) in [6, 6.07) is -0.444. The van der Waals surface area contributed by atoms with Crippen molar-refractivity contribution in [3.8, 4) is 0 Å². The number of carbonyl (C=O) groups excluding carboxylic acids is 2. The van der Waals surface area contributed by atoms with Gasteiger partial charge in [0.1, 0.15) is 11.5 Å². The molecule has 1 fully saturated rings. The number of hydrogen-bond acceptors (Lipinski definition) is 4. The molecule has 2 rings (SSSR count). The maximum absolute atomic E-state index is 12.2. The average Bonchev–Trinajstić information content (AvgIpc) is 2.68. The molecule has 114 valence electrons. The molecule has 1 aromatic heterocycles. The third-order valence-corrected chi connectivity index (χ3v) is 4.69. The number of piperazine rings is 1. The molecule has 1 saturated heterocycles. The molecule has 0 bridgehead atoms. The summed E-state index contributed by atoms with van der Waals surface area (Å²) in [7, 11) is 1.69. The molecule has 0 radical (unpaired) electrons. The molecule has 1 aromatic rings. The van der Waals surface area contributed by atoms with Crippen LogP contribution in [0.5, 0.6) is 0 Å². The van der Waals surface area contributed by atoms with Gasteiger partial charge in [-0.3, -0.25) is 10.1 Å². The van der Waals surface area contributed by atoms with Crippen LogP contribution in [0.4, 0.5) is 9.80 Å². The van der Waals surface area contributed by atoms with Gasteiger partial charge in [0.2, 0.25) is 5.91 Å². The van der Waals surface area contributed by atoms with Gasteiger partial charge in [0.05, 0.1) is 5.56 Å². The third kappa shape index (κ3) is 2.99. The van der Waals surface area contributed by atoms with Crippen molar-refractivity contribution in [1.82, 2.24) is 9.80 Å². The van der Waals surface area contributed by atoms with Gasteiger partial charge >= 0.3 is 12.0 Å². The van der Waals surface area contributed by atoms with Gasteiger partial charge in [0.25, 0.3) is 0 Å². The molecule has 3 amide bonds. The fourth-order valence-corrected chi connectivity index (χ4v) is 3.12. The standard InChI is InChI=1S/C13H17N3O4S/c1-7-8(2)21-11(10(7)12(18)19)14-13(20)16-5-4-15(3)9(17)6-16/h4-6H2,1-3H3,(H,14,20)(H,18,19). The lowest BCUT2D eigenvalue weighted by Crippen LogP contribution is -2.51. The van der Waals surface area contributed by atoms with Crippen molar-refractivity contribution in [3.05, 3.63) is 16.0 Å². The van der Waals surface area contributed by atoms with Gasteiger partial charge in [0.15, 0.2) is 0 Å². The number of nitrogens with one attached hydrogen (secondary N) is 1. The number of urea groups is 1.